The van der Waals surface area contributed by atoms with Crippen molar-refractivity contribution in [2.75, 3.05) is 18.4 Å². The Bertz CT molecular complexity index is 688. The lowest BCUT2D eigenvalue weighted by Crippen LogP contribution is -2.38. The molecule has 0 saturated carbocycles. The number of nitrogens with one attached hydrogen (secondary N) is 1. The monoisotopic (exact) mass is 330 g/mol. The Kier molecular flexibility index (Phi) is 4.72. The smallest absolute Gasteiger partial charge is 0.407 e. The molecule has 2 aromatic carbocycles. The second-order valence-electron chi connectivity index (χ2n) is 5.74. The molecule has 1 aliphatic heterocycles. The highest BCUT2D eigenvalue weighted by Crippen LogP contribution is 2.25. The number of likely N-dealkylation sites (tertiary alicyclic amines) is 1. The van der Waals surface area contributed by atoms with Gasteiger partial charge in [0.2, 0.25) is 0 Å². The Hall–Kier alpha value is -2.20. The summed E-state index contributed by atoms with van der Waals surface area (Å²) >= 11 is 5.93. The van der Waals surface area contributed by atoms with Crippen LogP contribution in [0.2, 0.25) is 5.02 Å². The van der Waals surface area contributed by atoms with E-state index in [0.717, 1.165) is 34.7 Å². The van der Waals surface area contributed by atoms with Crippen LogP contribution in [0, 0.1) is 0 Å². The van der Waals surface area contributed by atoms with E-state index in [4.69, 9.17) is 11.6 Å². The number of hydrogen-bond donors (Lipinski definition) is 2. The molecule has 23 heavy (non-hydrogen) atoms. The molecule has 0 aliphatic carbocycles. The van der Waals surface area contributed by atoms with Crippen LogP contribution in [0.15, 0.2) is 48.5 Å². The zero-order valence-electron chi connectivity index (χ0n) is 12.7. The maximum absolute atomic E-state index is 11.2. The largest absolute Gasteiger partial charge is 0.465 e. The summed E-state index contributed by atoms with van der Waals surface area (Å²) in [6.45, 7) is 1.27. The normalized spacial score (nSPS) is 17.3. The molecular weight excluding hydrogens is 312 g/mol. The summed E-state index contributed by atoms with van der Waals surface area (Å²) in [5.41, 5.74) is 3.20. The summed E-state index contributed by atoms with van der Waals surface area (Å²) in [5.74, 6) is 0. The van der Waals surface area contributed by atoms with Gasteiger partial charge < -0.3 is 15.3 Å². The van der Waals surface area contributed by atoms with Crippen molar-refractivity contribution in [2.45, 2.75) is 18.9 Å². The van der Waals surface area contributed by atoms with Crippen LogP contribution in [-0.2, 0) is 0 Å². The topological polar surface area (TPSA) is 52.6 Å². The van der Waals surface area contributed by atoms with Gasteiger partial charge in [-0.25, -0.2) is 4.79 Å². The minimum absolute atomic E-state index is 0.0479. The number of halogens is 1. The number of hydrogen-bond acceptors (Lipinski definition) is 2. The lowest BCUT2D eigenvalue weighted by Gasteiger charge is -2.22. The number of rotatable bonds is 4. The molecule has 1 saturated heterocycles. The van der Waals surface area contributed by atoms with E-state index in [2.05, 4.69) is 11.4 Å². The SMILES string of the molecule is O=C(O)N1CCCC1CNc1cccc(-c2ccc(Cl)cc2)c1. The third-order valence-electron chi connectivity index (χ3n) is 4.20. The van der Waals surface area contributed by atoms with Crippen LogP contribution in [0.1, 0.15) is 12.8 Å². The summed E-state index contributed by atoms with van der Waals surface area (Å²) in [5, 5.41) is 13.3. The van der Waals surface area contributed by atoms with Crippen molar-refractivity contribution in [1.29, 1.82) is 0 Å². The standard InChI is InChI=1S/C18H19ClN2O2/c19-15-8-6-13(7-9-15)14-3-1-4-16(11-14)20-12-17-5-2-10-21(17)18(22)23/h1,3-4,6-9,11,17,20H,2,5,10,12H2,(H,22,23). The minimum Gasteiger partial charge on any atom is -0.465 e. The first-order valence-electron chi connectivity index (χ1n) is 7.73. The third kappa shape index (κ3) is 3.77. The Morgan fingerprint density at radius 3 is 2.74 bits per heavy atom. The molecule has 1 fully saturated rings. The minimum atomic E-state index is -0.829. The maximum Gasteiger partial charge on any atom is 0.407 e. The Morgan fingerprint density at radius 1 is 1.22 bits per heavy atom. The lowest BCUT2D eigenvalue weighted by atomic mass is 10.1. The van der Waals surface area contributed by atoms with Crippen LogP contribution in [0.3, 0.4) is 0 Å². The van der Waals surface area contributed by atoms with Gasteiger partial charge in [0.05, 0.1) is 6.04 Å². The van der Waals surface area contributed by atoms with Gasteiger partial charge in [-0.3, -0.25) is 0 Å². The Labute approximate surface area is 140 Å². The van der Waals surface area contributed by atoms with Crippen molar-refractivity contribution in [2.24, 2.45) is 0 Å². The highest BCUT2D eigenvalue weighted by atomic mass is 35.5. The highest BCUT2D eigenvalue weighted by molar-refractivity contribution is 6.30. The summed E-state index contributed by atoms with van der Waals surface area (Å²) in [6, 6.07) is 15.9. The van der Waals surface area contributed by atoms with Crippen molar-refractivity contribution in [1.82, 2.24) is 4.90 Å². The summed E-state index contributed by atoms with van der Waals surface area (Å²) in [6.07, 6.45) is 1.02. The molecule has 2 aromatic rings. The molecule has 3 rings (SSSR count). The number of carbonyl (C=O) groups is 1. The van der Waals surface area contributed by atoms with Gasteiger partial charge in [0, 0.05) is 23.8 Å². The van der Waals surface area contributed by atoms with Gasteiger partial charge in [-0.15, -0.1) is 0 Å². The van der Waals surface area contributed by atoms with Crippen LogP contribution in [0.5, 0.6) is 0 Å². The second kappa shape index (κ2) is 6.92. The summed E-state index contributed by atoms with van der Waals surface area (Å²) < 4.78 is 0. The van der Waals surface area contributed by atoms with E-state index >= 15 is 0 Å². The lowest BCUT2D eigenvalue weighted by molar-refractivity contribution is 0.142. The van der Waals surface area contributed by atoms with E-state index in [0.29, 0.717) is 13.1 Å². The van der Waals surface area contributed by atoms with E-state index in [-0.39, 0.29) is 6.04 Å². The maximum atomic E-state index is 11.2. The van der Waals surface area contributed by atoms with E-state index in [1.54, 1.807) is 0 Å². The predicted molar refractivity (Wildman–Crippen MR) is 93.1 cm³/mol. The van der Waals surface area contributed by atoms with Crippen molar-refractivity contribution in [3.05, 3.63) is 53.6 Å². The van der Waals surface area contributed by atoms with Crippen LogP contribution in [0.4, 0.5) is 10.5 Å². The zero-order valence-corrected chi connectivity index (χ0v) is 13.5. The molecule has 1 heterocycles. The molecule has 1 aliphatic rings. The van der Waals surface area contributed by atoms with Gasteiger partial charge in [0.15, 0.2) is 0 Å². The molecule has 2 N–H and O–H groups in total. The van der Waals surface area contributed by atoms with Gasteiger partial charge in [-0.05, 0) is 48.2 Å². The van der Waals surface area contributed by atoms with E-state index in [9.17, 15) is 9.90 Å². The third-order valence-corrected chi connectivity index (χ3v) is 4.46. The average molecular weight is 331 g/mol. The first-order chi connectivity index (χ1) is 11.1. The van der Waals surface area contributed by atoms with Crippen LogP contribution < -0.4 is 5.32 Å². The van der Waals surface area contributed by atoms with Crippen molar-refractivity contribution in [3.63, 3.8) is 0 Å². The number of anilines is 1. The molecule has 0 radical (unpaired) electrons. The molecule has 5 heteroatoms. The Balaban J connectivity index is 1.68. The number of carboxylic acid groups (broad SMARTS) is 1. The van der Waals surface area contributed by atoms with Gasteiger partial charge in [0.25, 0.3) is 0 Å². The van der Waals surface area contributed by atoms with Gasteiger partial charge in [-0.1, -0.05) is 35.9 Å². The fourth-order valence-electron chi connectivity index (χ4n) is 2.99. The zero-order chi connectivity index (χ0) is 16.2. The summed E-state index contributed by atoms with van der Waals surface area (Å²) in [7, 11) is 0. The van der Waals surface area contributed by atoms with Gasteiger partial charge in [0.1, 0.15) is 0 Å². The van der Waals surface area contributed by atoms with E-state index in [1.165, 1.54) is 4.90 Å². The van der Waals surface area contributed by atoms with Gasteiger partial charge >= 0.3 is 6.09 Å². The average Bonchev–Trinajstić information content (AvgIpc) is 3.03. The highest BCUT2D eigenvalue weighted by Gasteiger charge is 2.27. The molecule has 1 atom stereocenters. The molecule has 1 amide bonds. The number of benzene rings is 2. The van der Waals surface area contributed by atoms with Crippen molar-refractivity contribution < 1.29 is 9.90 Å². The molecular formula is C18H19ClN2O2. The van der Waals surface area contributed by atoms with Crippen molar-refractivity contribution >= 4 is 23.4 Å². The fourth-order valence-corrected chi connectivity index (χ4v) is 3.11. The molecule has 0 bridgehead atoms. The molecule has 1 unspecified atom stereocenters. The van der Waals surface area contributed by atoms with Crippen LogP contribution >= 0.6 is 11.6 Å². The molecule has 0 aromatic heterocycles. The first-order valence-corrected chi connectivity index (χ1v) is 8.11. The predicted octanol–water partition coefficient (Wildman–Crippen LogP) is 4.56. The van der Waals surface area contributed by atoms with E-state index in [1.807, 2.05) is 42.5 Å². The first kappa shape index (κ1) is 15.7. The molecule has 0 spiro atoms. The number of nitrogens with zero attached hydrogens (tertiary/aromatic N) is 1. The number of amides is 1. The quantitative estimate of drug-likeness (QED) is 0.864. The van der Waals surface area contributed by atoms with E-state index < -0.39 is 6.09 Å². The van der Waals surface area contributed by atoms with Gasteiger partial charge in [-0.2, -0.15) is 0 Å². The molecule has 120 valence electrons. The van der Waals surface area contributed by atoms with Crippen LogP contribution in [0.25, 0.3) is 11.1 Å². The van der Waals surface area contributed by atoms with Crippen LogP contribution in [-0.4, -0.2) is 35.2 Å². The van der Waals surface area contributed by atoms with Crippen molar-refractivity contribution in [3.8, 4) is 11.1 Å². The fraction of sp³-hybridized carbons (Fsp3) is 0.278. The summed E-state index contributed by atoms with van der Waals surface area (Å²) in [4.78, 5) is 12.7. The Morgan fingerprint density at radius 2 is 2.00 bits per heavy atom. The molecule has 4 nitrogen and oxygen atoms in total. The second-order valence-corrected chi connectivity index (χ2v) is 6.18.